The molecule has 3 rings (SSSR count). The predicted octanol–water partition coefficient (Wildman–Crippen LogP) is 2.70. The molecule has 1 aromatic heterocycles. The van der Waals surface area contributed by atoms with Crippen LogP contribution in [0.1, 0.15) is 36.0 Å². The van der Waals surface area contributed by atoms with E-state index < -0.39 is 0 Å². The Hall–Kier alpha value is -2.10. The Morgan fingerprint density at radius 1 is 1.18 bits per heavy atom. The molecule has 1 aliphatic rings. The van der Waals surface area contributed by atoms with E-state index in [0.29, 0.717) is 11.8 Å². The van der Waals surface area contributed by atoms with Crippen LogP contribution >= 0.6 is 0 Å². The Balaban J connectivity index is 1.74. The zero-order valence-corrected chi connectivity index (χ0v) is 9.34. The number of benzene rings is 1. The average molecular weight is 227 g/mol. The molecule has 1 aliphatic carbocycles. The van der Waals surface area contributed by atoms with Crippen molar-refractivity contribution < 1.29 is 4.52 Å². The van der Waals surface area contributed by atoms with Gasteiger partial charge in [-0.15, -0.1) is 0 Å². The standard InChI is InChI=1S/C13H13N3O/c14-11-6-1-9(2-7-11)3-8-12-15-13(16-17-12)10-4-5-10/h1-3,6-8,10H,4-5,14H2/b8-3+. The molecule has 1 saturated carbocycles. The van der Waals surface area contributed by atoms with Gasteiger partial charge in [-0.2, -0.15) is 4.98 Å². The Morgan fingerprint density at radius 2 is 1.94 bits per heavy atom. The highest BCUT2D eigenvalue weighted by atomic mass is 16.5. The number of anilines is 1. The van der Waals surface area contributed by atoms with Gasteiger partial charge in [0.15, 0.2) is 5.82 Å². The van der Waals surface area contributed by atoms with Gasteiger partial charge in [-0.3, -0.25) is 0 Å². The molecule has 0 radical (unpaired) electrons. The molecular formula is C13H13N3O. The third-order valence-corrected chi connectivity index (χ3v) is 2.75. The summed E-state index contributed by atoms with van der Waals surface area (Å²) < 4.78 is 5.14. The lowest BCUT2D eigenvalue weighted by atomic mass is 10.2. The number of hydrogen-bond acceptors (Lipinski definition) is 4. The summed E-state index contributed by atoms with van der Waals surface area (Å²) in [5.74, 6) is 1.92. The van der Waals surface area contributed by atoms with Crippen molar-refractivity contribution in [2.75, 3.05) is 5.73 Å². The minimum atomic E-state index is 0.525. The quantitative estimate of drug-likeness (QED) is 0.819. The lowest BCUT2D eigenvalue weighted by Gasteiger charge is -1.93. The molecule has 0 atom stereocenters. The van der Waals surface area contributed by atoms with Crippen LogP contribution in [0, 0.1) is 0 Å². The second-order valence-electron chi connectivity index (χ2n) is 4.27. The molecular weight excluding hydrogens is 214 g/mol. The van der Waals surface area contributed by atoms with Crippen LogP contribution in [0.25, 0.3) is 12.2 Å². The topological polar surface area (TPSA) is 64.9 Å². The summed E-state index contributed by atoms with van der Waals surface area (Å²) >= 11 is 0. The zero-order valence-electron chi connectivity index (χ0n) is 9.34. The van der Waals surface area contributed by atoms with Crippen LogP contribution in [-0.4, -0.2) is 10.1 Å². The number of nitrogen functional groups attached to an aromatic ring is 1. The molecule has 0 saturated heterocycles. The van der Waals surface area contributed by atoms with Gasteiger partial charge in [0.1, 0.15) is 0 Å². The number of rotatable bonds is 3. The van der Waals surface area contributed by atoms with Gasteiger partial charge < -0.3 is 10.3 Å². The minimum Gasteiger partial charge on any atom is -0.399 e. The molecule has 0 aliphatic heterocycles. The molecule has 4 heteroatoms. The van der Waals surface area contributed by atoms with Gasteiger partial charge in [0, 0.05) is 17.7 Å². The van der Waals surface area contributed by atoms with Crippen molar-refractivity contribution in [2.45, 2.75) is 18.8 Å². The summed E-state index contributed by atoms with van der Waals surface area (Å²) in [7, 11) is 0. The van der Waals surface area contributed by atoms with E-state index in [-0.39, 0.29) is 0 Å². The molecule has 4 nitrogen and oxygen atoms in total. The highest BCUT2D eigenvalue weighted by Gasteiger charge is 2.28. The van der Waals surface area contributed by atoms with Crippen molar-refractivity contribution in [2.24, 2.45) is 0 Å². The first-order valence-corrected chi connectivity index (χ1v) is 5.68. The Kier molecular flexibility index (Phi) is 2.40. The van der Waals surface area contributed by atoms with Crippen LogP contribution in [0.3, 0.4) is 0 Å². The monoisotopic (exact) mass is 227 g/mol. The Morgan fingerprint density at radius 3 is 2.65 bits per heavy atom. The first kappa shape index (κ1) is 10.1. The SMILES string of the molecule is Nc1ccc(/C=C/c2nc(C3CC3)no2)cc1. The summed E-state index contributed by atoms with van der Waals surface area (Å²) in [4.78, 5) is 4.32. The molecule has 17 heavy (non-hydrogen) atoms. The van der Waals surface area contributed by atoms with E-state index in [1.807, 2.05) is 36.4 Å². The average Bonchev–Trinajstić information content (AvgIpc) is 3.09. The third kappa shape index (κ3) is 2.36. The molecule has 2 aromatic rings. The van der Waals surface area contributed by atoms with Crippen LogP contribution < -0.4 is 5.73 Å². The van der Waals surface area contributed by atoms with Gasteiger partial charge in [0.25, 0.3) is 5.89 Å². The molecule has 0 bridgehead atoms. The minimum absolute atomic E-state index is 0.525. The third-order valence-electron chi connectivity index (χ3n) is 2.75. The van der Waals surface area contributed by atoms with E-state index in [0.717, 1.165) is 17.1 Å². The van der Waals surface area contributed by atoms with Gasteiger partial charge in [-0.1, -0.05) is 17.3 Å². The largest absolute Gasteiger partial charge is 0.399 e. The number of nitrogens with two attached hydrogens (primary N) is 1. The fourth-order valence-corrected chi connectivity index (χ4v) is 1.60. The van der Waals surface area contributed by atoms with E-state index in [1.165, 1.54) is 12.8 Å². The normalized spacial score (nSPS) is 15.5. The van der Waals surface area contributed by atoms with Crippen molar-refractivity contribution in [3.63, 3.8) is 0 Å². The smallest absolute Gasteiger partial charge is 0.250 e. The maximum absolute atomic E-state index is 5.61. The van der Waals surface area contributed by atoms with Crippen LogP contribution in [0.4, 0.5) is 5.69 Å². The van der Waals surface area contributed by atoms with Crippen LogP contribution in [0.15, 0.2) is 28.8 Å². The van der Waals surface area contributed by atoms with Gasteiger partial charge in [0.2, 0.25) is 0 Å². The number of hydrogen-bond donors (Lipinski definition) is 1. The van der Waals surface area contributed by atoms with Gasteiger partial charge in [-0.05, 0) is 36.6 Å². The summed E-state index contributed by atoms with van der Waals surface area (Å²) in [5.41, 5.74) is 7.43. The lowest BCUT2D eigenvalue weighted by Crippen LogP contribution is -1.82. The van der Waals surface area contributed by atoms with E-state index in [4.69, 9.17) is 10.3 Å². The van der Waals surface area contributed by atoms with Gasteiger partial charge >= 0.3 is 0 Å². The van der Waals surface area contributed by atoms with Gasteiger partial charge in [-0.25, -0.2) is 0 Å². The van der Waals surface area contributed by atoms with Crippen molar-refractivity contribution in [3.8, 4) is 0 Å². The summed E-state index contributed by atoms with van der Waals surface area (Å²) in [5, 5.41) is 3.95. The first-order valence-electron chi connectivity index (χ1n) is 5.68. The van der Waals surface area contributed by atoms with Gasteiger partial charge in [0.05, 0.1) is 0 Å². The lowest BCUT2D eigenvalue weighted by molar-refractivity contribution is 0.403. The second-order valence-corrected chi connectivity index (χ2v) is 4.27. The number of nitrogens with zero attached hydrogens (tertiary/aromatic N) is 2. The Labute approximate surface area is 99.1 Å². The molecule has 0 spiro atoms. The van der Waals surface area contributed by atoms with Crippen LogP contribution in [0.5, 0.6) is 0 Å². The highest BCUT2D eigenvalue weighted by molar-refractivity contribution is 5.66. The Bertz CT molecular complexity index is 538. The summed E-state index contributed by atoms with van der Waals surface area (Å²) in [6.45, 7) is 0. The summed E-state index contributed by atoms with van der Waals surface area (Å²) in [6.07, 6.45) is 6.12. The maximum atomic E-state index is 5.61. The van der Waals surface area contributed by atoms with E-state index in [1.54, 1.807) is 0 Å². The van der Waals surface area contributed by atoms with Crippen molar-refractivity contribution in [3.05, 3.63) is 41.5 Å². The molecule has 1 aromatic carbocycles. The molecule has 1 fully saturated rings. The van der Waals surface area contributed by atoms with Crippen LogP contribution in [-0.2, 0) is 0 Å². The maximum Gasteiger partial charge on any atom is 0.250 e. The zero-order chi connectivity index (χ0) is 11.7. The van der Waals surface area contributed by atoms with Crippen molar-refractivity contribution in [1.29, 1.82) is 0 Å². The van der Waals surface area contributed by atoms with E-state index >= 15 is 0 Å². The fourth-order valence-electron chi connectivity index (χ4n) is 1.60. The molecule has 2 N–H and O–H groups in total. The first-order chi connectivity index (χ1) is 8.31. The second kappa shape index (κ2) is 4.05. The van der Waals surface area contributed by atoms with E-state index in [9.17, 15) is 0 Å². The van der Waals surface area contributed by atoms with E-state index in [2.05, 4.69) is 10.1 Å². The van der Waals surface area contributed by atoms with Crippen molar-refractivity contribution in [1.82, 2.24) is 10.1 Å². The molecule has 0 amide bonds. The summed E-state index contributed by atoms with van der Waals surface area (Å²) in [6, 6.07) is 7.63. The number of aromatic nitrogens is 2. The molecule has 86 valence electrons. The molecule has 1 heterocycles. The van der Waals surface area contributed by atoms with Crippen molar-refractivity contribution >= 4 is 17.8 Å². The highest BCUT2D eigenvalue weighted by Crippen LogP contribution is 2.38. The predicted molar refractivity (Wildman–Crippen MR) is 66.1 cm³/mol. The molecule has 0 unspecified atom stereocenters. The fraction of sp³-hybridized carbons (Fsp3) is 0.231. The van der Waals surface area contributed by atoms with Crippen LogP contribution in [0.2, 0.25) is 0 Å².